The van der Waals surface area contributed by atoms with E-state index in [0.29, 0.717) is 10.4 Å². The normalized spacial score (nSPS) is 11.8. The zero-order valence-electron chi connectivity index (χ0n) is 9.41. The van der Waals surface area contributed by atoms with Crippen LogP contribution in [0.15, 0.2) is 23.2 Å². The Balaban J connectivity index is 2.22. The van der Waals surface area contributed by atoms with Crippen LogP contribution in [0.25, 0.3) is 0 Å². The van der Waals surface area contributed by atoms with E-state index >= 15 is 0 Å². The summed E-state index contributed by atoms with van der Waals surface area (Å²) in [7, 11) is 0. The topological polar surface area (TPSA) is 103 Å². The minimum Gasteiger partial charge on any atom is -0.433 e. The molecule has 2 N–H and O–H groups in total. The van der Waals surface area contributed by atoms with Gasteiger partial charge in [-0.05, 0) is 22.9 Å². The molecular formula is C10H9BrN6O. The molecule has 0 saturated carbocycles. The molecule has 0 aromatic carbocycles. The lowest BCUT2D eigenvalue weighted by Gasteiger charge is -2.04. The van der Waals surface area contributed by atoms with Gasteiger partial charge in [0.05, 0.1) is 24.7 Å². The highest BCUT2D eigenvalue weighted by Crippen LogP contribution is 2.25. The zero-order chi connectivity index (χ0) is 13.1. The van der Waals surface area contributed by atoms with Crippen LogP contribution in [0.3, 0.4) is 0 Å². The molecule has 2 heterocycles. The fourth-order valence-electron chi connectivity index (χ4n) is 1.19. The Morgan fingerprint density at radius 3 is 3.06 bits per heavy atom. The Labute approximate surface area is 111 Å². The smallest absolute Gasteiger partial charge is 0.263 e. The summed E-state index contributed by atoms with van der Waals surface area (Å²) in [6.45, 7) is 1.73. The van der Waals surface area contributed by atoms with Crippen molar-refractivity contribution in [3.8, 4) is 17.7 Å². The molecule has 0 spiro atoms. The fourth-order valence-corrected chi connectivity index (χ4v) is 1.46. The minimum absolute atomic E-state index is 0.180. The van der Waals surface area contributed by atoms with Crippen LogP contribution in [0, 0.1) is 11.3 Å². The maximum absolute atomic E-state index is 8.77. The molecule has 2 aromatic heterocycles. The van der Waals surface area contributed by atoms with Crippen molar-refractivity contribution in [2.45, 2.75) is 13.0 Å². The first-order valence-electron chi connectivity index (χ1n) is 5.00. The van der Waals surface area contributed by atoms with Crippen LogP contribution in [-0.2, 0) is 0 Å². The molecule has 7 nitrogen and oxygen atoms in total. The van der Waals surface area contributed by atoms with Gasteiger partial charge in [0, 0.05) is 0 Å². The molecule has 2 aromatic rings. The molecule has 1 unspecified atom stereocenters. The number of anilines is 1. The third-order valence-electron chi connectivity index (χ3n) is 2.11. The predicted octanol–water partition coefficient (Wildman–Crippen LogP) is 1.89. The van der Waals surface area contributed by atoms with E-state index in [4.69, 9.17) is 15.7 Å². The Morgan fingerprint density at radius 1 is 1.56 bits per heavy atom. The Morgan fingerprint density at radius 2 is 2.33 bits per heavy atom. The summed E-state index contributed by atoms with van der Waals surface area (Å²) >= 11 is 3.18. The highest BCUT2D eigenvalue weighted by atomic mass is 79.9. The van der Waals surface area contributed by atoms with Crippen molar-refractivity contribution in [2.75, 3.05) is 5.73 Å². The summed E-state index contributed by atoms with van der Waals surface area (Å²) in [5.74, 6) is 0.809. The number of hydrogen-bond donors (Lipinski definition) is 1. The molecule has 92 valence electrons. The molecule has 0 saturated heterocycles. The average Bonchev–Trinajstić information content (AvgIpc) is 2.81. The maximum atomic E-state index is 8.77. The van der Waals surface area contributed by atoms with Gasteiger partial charge in [-0.1, -0.05) is 0 Å². The number of hydrogen-bond acceptors (Lipinski definition) is 6. The summed E-state index contributed by atoms with van der Waals surface area (Å²) in [4.78, 5) is 7.94. The van der Waals surface area contributed by atoms with Gasteiger partial charge in [0.2, 0.25) is 0 Å². The Kier molecular flexibility index (Phi) is 3.43. The van der Waals surface area contributed by atoms with E-state index in [1.54, 1.807) is 13.1 Å². The van der Waals surface area contributed by atoms with Gasteiger partial charge in [-0.3, -0.25) is 4.68 Å². The summed E-state index contributed by atoms with van der Waals surface area (Å²) < 4.78 is 7.45. The van der Waals surface area contributed by atoms with Crippen LogP contribution in [0.1, 0.15) is 13.0 Å². The van der Waals surface area contributed by atoms with E-state index < -0.39 is 0 Å². The molecule has 1 atom stereocenters. The minimum atomic E-state index is -0.367. The molecular weight excluding hydrogens is 300 g/mol. The van der Waals surface area contributed by atoms with Gasteiger partial charge in [-0.15, -0.1) is 0 Å². The third kappa shape index (κ3) is 2.57. The van der Waals surface area contributed by atoms with E-state index in [-0.39, 0.29) is 17.7 Å². The van der Waals surface area contributed by atoms with Gasteiger partial charge in [0.25, 0.3) is 5.88 Å². The van der Waals surface area contributed by atoms with Gasteiger partial charge in [-0.25, -0.2) is 9.97 Å². The number of halogens is 1. The maximum Gasteiger partial charge on any atom is 0.263 e. The molecule has 2 rings (SSSR count). The van der Waals surface area contributed by atoms with Crippen molar-refractivity contribution >= 4 is 21.7 Å². The van der Waals surface area contributed by atoms with Gasteiger partial charge in [0.15, 0.2) is 11.6 Å². The van der Waals surface area contributed by atoms with Crippen molar-refractivity contribution in [1.29, 1.82) is 5.26 Å². The first-order chi connectivity index (χ1) is 8.60. The van der Waals surface area contributed by atoms with Crippen molar-refractivity contribution in [3.05, 3.63) is 23.2 Å². The quantitative estimate of drug-likeness (QED) is 0.928. The standard InChI is InChI=1S/C10H9BrN6O/c1-6(2-12)17-5-7(3-15-17)18-10-9(13)14-4-8(11)16-10/h3-6H,1H3,(H2,13,14). The van der Waals surface area contributed by atoms with E-state index in [0.717, 1.165) is 0 Å². The molecule has 0 amide bonds. The van der Waals surface area contributed by atoms with E-state index in [2.05, 4.69) is 37.1 Å². The number of nitriles is 1. The molecule has 18 heavy (non-hydrogen) atoms. The molecule has 0 aliphatic rings. The van der Waals surface area contributed by atoms with Crippen LogP contribution in [0.5, 0.6) is 11.6 Å². The largest absolute Gasteiger partial charge is 0.433 e. The lowest BCUT2D eigenvalue weighted by atomic mass is 10.4. The van der Waals surface area contributed by atoms with E-state index in [9.17, 15) is 0 Å². The molecule has 0 bridgehead atoms. The van der Waals surface area contributed by atoms with Crippen molar-refractivity contribution in [3.63, 3.8) is 0 Å². The van der Waals surface area contributed by atoms with Crippen LogP contribution >= 0.6 is 15.9 Å². The number of nitrogen functional groups attached to an aromatic ring is 1. The van der Waals surface area contributed by atoms with Gasteiger partial charge < -0.3 is 10.5 Å². The summed E-state index contributed by atoms with van der Waals surface area (Å²) in [5, 5.41) is 12.8. The fraction of sp³-hybridized carbons (Fsp3) is 0.200. The number of ether oxygens (including phenoxy) is 1. The lowest BCUT2D eigenvalue weighted by Crippen LogP contribution is -2.02. The first kappa shape index (κ1) is 12.3. The Bertz CT molecular complexity index is 605. The lowest BCUT2D eigenvalue weighted by molar-refractivity contribution is 0.460. The summed E-state index contributed by atoms with van der Waals surface area (Å²) in [6.07, 6.45) is 4.55. The molecule has 0 aliphatic carbocycles. The summed E-state index contributed by atoms with van der Waals surface area (Å²) in [5.41, 5.74) is 5.63. The van der Waals surface area contributed by atoms with Gasteiger partial charge in [0.1, 0.15) is 10.6 Å². The molecule has 0 radical (unpaired) electrons. The molecule has 8 heteroatoms. The molecule has 0 aliphatic heterocycles. The second-order valence-electron chi connectivity index (χ2n) is 3.45. The van der Waals surface area contributed by atoms with Gasteiger partial charge >= 0.3 is 0 Å². The van der Waals surface area contributed by atoms with Crippen LogP contribution in [0.2, 0.25) is 0 Å². The monoisotopic (exact) mass is 308 g/mol. The predicted molar refractivity (Wildman–Crippen MR) is 66.8 cm³/mol. The van der Waals surface area contributed by atoms with E-state index in [1.807, 2.05) is 0 Å². The third-order valence-corrected chi connectivity index (χ3v) is 2.50. The number of rotatable bonds is 3. The number of nitrogens with two attached hydrogens (primary N) is 1. The Hall–Kier alpha value is -2.14. The van der Waals surface area contributed by atoms with E-state index in [1.165, 1.54) is 17.1 Å². The number of aromatic nitrogens is 4. The molecule has 0 fully saturated rings. The van der Waals surface area contributed by atoms with Crippen molar-refractivity contribution in [2.24, 2.45) is 0 Å². The summed E-state index contributed by atoms with van der Waals surface area (Å²) in [6, 6.07) is 1.70. The van der Waals surface area contributed by atoms with Crippen molar-refractivity contribution < 1.29 is 4.74 Å². The highest BCUT2D eigenvalue weighted by Gasteiger charge is 2.10. The van der Waals surface area contributed by atoms with Crippen LogP contribution in [-0.4, -0.2) is 19.7 Å². The van der Waals surface area contributed by atoms with Gasteiger partial charge in [-0.2, -0.15) is 10.4 Å². The SMILES string of the molecule is CC(C#N)n1cc(Oc2nc(Br)cnc2N)cn1. The first-order valence-corrected chi connectivity index (χ1v) is 5.79. The van der Waals surface area contributed by atoms with Crippen LogP contribution < -0.4 is 10.5 Å². The second kappa shape index (κ2) is 5.01. The second-order valence-corrected chi connectivity index (χ2v) is 4.26. The highest BCUT2D eigenvalue weighted by molar-refractivity contribution is 9.10. The van der Waals surface area contributed by atoms with Crippen LogP contribution in [0.4, 0.5) is 5.82 Å². The van der Waals surface area contributed by atoms with Crippen molar-refractivity contribution in [1.82, 2.24) is 19.7 Å². The zero-order valence-corrected chi connectivity index (χ0v) is 11.0. The average molecular weight is 309 g/mol. The number of nitrogens with zero attached hydrogens (tertiary/aromatic N) is 5.